The molecule has 0 atom stereocenters. The molecule has 0 unspecified atom stereocenters. The second-order valence-electron chi connectivity index (χ2n) is 5.80. The molecule has 0 aliphatic heterocycles. The number of imidazole rings is 1. The van der Waals surface area contributed by atoms with Crippen molar-refractivity contribution in [2.24, 2.45) is 7.05 Å². The molecule has 0 saturated carbocycles. The molecule has 6 nitrogen and oxygen atoms in total. The fraction of sp³-hybridized carbons (Fsp3) is 0.188. The van der Waals surface area contributed by atoms with Crippen LogP contribution in [0.4, 0.5) is 13.2 Å². The molecule has 0 aromatic carbocycles. The van der Waals surface area contributed by atoms with Gasteiger partial charge in [0.1, 0.15) is 5.65 Å². The van der Waals surface area contributed by atoms with Gasteiger partial charge in [-0.2, -0.15) is 17.9 Å². The van der Waals surface area contributed by atoms with Crippen LogP contribution in [0.15, 0.2) is 41.6 Å². The molecular formula is C16H12F3N5O. The van der Waals surface area contributed by atoms with E-state index in [1.807, 2.05) is 6.92 Å². The van der Waals surface area contributed by atoms with Gasteiger partial charge in [-0.25, -0.2) is 9.97 Å². The van der Waals surface area contributed by atoms with Gasteiger partial charge in [0.25, 0.3) is 5.56 Å². The molecule has 0 aliphatic rings. The molecule has 4 aromatic rings. The van der Waals surface area contributed by atoms with Gasteiger partial charge in [-0.1, -0.05) is 0 Å². The number of hydrogen-bond donors (Lipinski definition) is 0. The molecule has 9 heteroatoms. The third-order valence-corrected chi connectivity index (χ3v) is 4.02. The Morgan fingerprint density at radius 3 is 2.64 bits per heavy atom. The van der Waals surface area contributed by atoms with Crippen molar-refractivity contribution >= 4 is 16.7 Å². The molecule has 0 N–H and O–H groups in total. The van der Waals surface area contributed by atoms with Gasteiger partial charge in [0.2, 0.25) is 0 Å². The van der Waals surface area contributed by atoms with Gasteiger partial charge in [-0.3, -0.25) is 9.48 Å². The van der Waals surface area contributed by atoms with Crippen molar-refractivity contribution < 1.29 is 13.2 Å². The summed E-state index contributed by atoms with van der Waals surface area (Å²) in [6, 6.07) is 3.95. The fourth-order valence-electron chi connectivity index (χ4n) is 2.83. The topological polar surface area (TPSA) is 57.1 Å². The van der Waals surface area contributed by atoms with E-state index < -0.39 is 11.7 Å². The van der Waals surface area contributed by atoms with Crippen LogP contribution in [0.25, 0.3) is 22.5 Å². The minimum absolute atomic E-state index is 0.225. The van der Waals surface area contributed by atoms with Gasteiger partial charge < -0.3 is 4.40 Å². The van der Waals surface area contributed by atoms with E-state index in [1.165, 1.54) is 26.0 Å². The summed E-state index contributed by atoms with van der Waals surface area (Å²) in [6.45, 7) is 1.83. The van der Waals surface area contributed by atoms with Crippen molar-refractivity contribution in [1.82, 2.24) is 23.7 Å². The average Bonchev–Trinajstić information content (AvgIpc) is 3.05. The third kappa shape index (κ3) is 2.31. The summed E-state index contributed by atoms with van der Waals surface area (Å²) < 4.78 is 42.6. The van der Waals surface area contributed by atoms with Crippen LogP contribution < -0.4 is 5.56 Å². The Morgan fingerprint density at radius 2 is 1.92 bits per heavy atom. The predicted molar refractivity (Wildman–Crippen MR) is 84.8 cm³/mol. The van der Waals surface area contributed by atoms with Crippen molar-refractivity contribution in [3.8, 4) is 5.82 Å². The molecule has 0 fully saturated rings. The summed E-state index contributed by atoms with van der Waals surface area (Å²) in [7, 11) is 1.65. The molecule has 4 heterocycles. The molecule has 0 spiro atoms. The van der Waals surface area contributed by atoms with Gasteiger partial charge in [0.05, 0.1) is 17.1 Å². The highest BCUT2D eigenvalue weighted by molar-refractivity contribution is 5.75. The van der Waals surface area contributed by atoms with E-state index in [-0.39, 0.29) is 11.4 Å². The Bertz CT molecular complexity index is 1180. The molecule has 0 aliphatic carbocycles. The molecule has 0 amide bonds. The highest BCUT2D eigenvalue weighted by atomic mass is 19.4. The normalized spacial score (nSPS) is 12.4. The third-order valence-electron chi connectivity index (χ3n) is 4.02. The molecule has 25 heavy (non-hydrogen) atoms. The lowest BCUT2D eigenvalue weighted by Gasteiger charge is -2.05. The second kappa shape index (κ2) is 4.95. The minimum atomic E-state index is -4.45. The first-order valence-electron chi connectivity index (χ1n) is 7.36. The SMILES string of the molecule is Cc1cnc2c(c1)c(=O)n(-c1cn3cc(C(F)(F)F)ccc3n1)n2C. The van der Waals surface area contributed by atoms with Crippen molar-refractivity contribution in [3.63, 3.8) is 0 Å². The number of alkyl halides is 3. The number of halogens is 3. The molecule has 4 rings (SSSR count). The van der Waals surface area contributed by atoms with Gasteiger partial charge in [0, 0.05) is 19.4 Å². The molecule has 0 radical (unpaired) electrons. The largest absolute Gasteiger partial charge is 0.417 e. The maximum atomic E-state index is 12.8. The number of aryl methyl sites for hydroxylation is 2. The highest BCUT2D eigenvalue weighted by Crippen LogP contribution is 2.29. The fourth-order valence-corrected chi connectivity index (χ4v) is 2.83. The lowest BCUT2D eigenvalue weighted by Crippen LogP contribution is -2.19. The number of pyridine rings is 2. The number of nitrogens with zero attached hydrogens (tertiary/aromatic N) is 5. The first-order chi connectivity index (χ1) is 11.8. The van der Waals surface area contributed by atoms with E-state index >= 15 is 0 Å². The Labute approximate surface area is 138 Å². The summed E-state index contributed by atoms with van der Waals surface area (Å²) in [5.41, 5.74) is 0.513. The summed E-state index contributed by atoms with van der Waals surface area (Å²) in [5, 5.41) is 0.426. The van der Waals surface area contributed by atoms with Crippen molar-refractivity contribution in [3.05, 3.63) is 58.3 Å². The van der Waals surface area contributed by atoms with Crippen LogP contribution >= 0.6 is 0 Å². The van der Waals surface area contributed by atoms with Gasteiger partial charge >= 0.3 is 6.18 Å². The molecular weight excluding hydrogens is 335 g/mol. The number of hydrogen-bond acceptors (Lipinski definition) is 3. The first-order valence-corrected chi connectivity index (χ1v) is 7.36. The zero-order valence-electron chi connectivity index (χ0n) is 13.2. The summed E-state index contributed by atoms with van der Waals surface area (Å²) in [5.74, 6) is 0.225. The number of aromatic nitrogens is 5. The van der Waals surface area contributed by atoms with Gasteiger partial charge in [-0.15, -0.1) is 0 Å². The van der Waals surface area contributed by atoms with Crippen LogP contribution in [0.1, 0.15) is 11.1 Å². The predicted octanol–water partition coefficient (Wildman–Crippen LogP) is 2.70. The van der Waals surface area contributed by atoms with E-state index in [2.05, 4.69) is 9.97 Å². The van der Waals surface area contributed by atoms with Crippen molar-refractivity contribution in [1.29, 1.82) is 0 Å². The molecule has 128 valence electrons. The van der Waals surface area contributed by atoms with Crippen LogP contribution in [0.5, 0.6) is 0 Å². The highest BCUT2D eigenvalue weighted by Gasteiger charge is 2.31. The molecule has 4 aromatic heterocycles. The smallest absolute Gasteiger partial charge is 0.304 e. The zero-order chi connectivity index (χ0) is 17.9. The van der Waals surface area contributed by atoms with Crippen LogP contribution in [-0.4, -0.2) is 23.7 Å². The number of rotatable bonds is 1. The van der Waals surface area contributed by atoms with Crippen molar-refractivity contribution in [2.75, 3.05) is 0 Å². The lowest BCUT2D eigenvalue weighted by atomic mass is 10.2. The molecule has 0 bridgehead atoms. The van der Waals surface area contributed by atoms with E-state index in [9.17, 15) is 18.0 Å². The summed E-state index contributed by atoms with van der Waals surface area (Å²) >= 11 is 0. The maximum absolute atomic E-state index is 12.8. The summed E-state index contributed by atoms with van der Waals surface area (Å²) in [4.78, 5) is 21.2. The standard InChI is InChI=1S/C16H12F3N5O/c1-9-5-11-14(20-6-9)22(2)24(15(11)25)13-8-23-7-10(16(17,18)19)3-4-12(23)21-13/h3-8H,1-2H3. The monoisotopic (exact) mass is 347 g/mol. The minimum Gasteiger partial charge on any atom is -0.304 e. The Kier molecular flexibility index (Phi) is 3.05. The lowest BCUT2D eigenvalue weighted by molar-refractivity contribution is -0.137. The van der Waals surface area contributed by atoms with Crippen LogP contribution in [0.2, 0.25) is 0 Å². The Balaban J connectivity index is 1.96. The zero-order valence-corrected chi connectivity index (χ0v) is 13.2. The van der Waals surface area contributed by atoms with E-state index in [1.54, 1.807) is 19.3 Å². The quantitative estimate of drug-likeness (QED) is 0.532. The van der Waals surface area contributed by atoms with Crippen LogP contribution in [0.3, 0.4) is 0 Å². The summed E-state index contributed by atoms with van der Waals surface area (Å²) in [6.07, 6.45) is -0.471. The van der Waals surface area contributed by atoms with Crippen LogP contribution in [-0.2, 0) is 13.2 Å². The molecule has 0 saturated heterocycles. The first kappa shape index (κ1) is 15.4. The van der Waals surface area contributed by atoms with E-state index in [4.69, 9.17) is 0 Å². The Morgan fingerprint density at radius 1 is 1.16 bits per heavy atom. The van der Waals surface area contributed by atoms with Gasteiger partial charge in [-0.05, 0) is 30.7 Å². The van der Waals surface area contributed by atoms with E-state index in [0.717, 1.165) is 17.8 Å². The van der Waals surface area contributed by atoms with Crippen LogP contribution in [0, 0.1) is 6.92 Å². The average molecular weight is 347 g/mol. The second-order valence-corrected chi connectivity index (χ2v) is 5.80. The van der Waals surface area contributed by atoms with E-state index in [0.29, 0.717) is 16.7 Å². The maximum Gasteiger partial charge on any atom is 0.417 e. The number of fused-ring (bicyclic) bond motifs is 2. The Hall–Kier alpha value is -3.10. The van der Waals surface area contributed by atoms with Crippen molar-refractivity contribution in [2.45, 2.75) is 13.1 Å². The van der Waals surface area contributed by atoms with Gasteiger partial charge in [0.15, 0.2) is 11.5 Å².